The van der Waals surface area contributed by atoms with Crippen molar-refractivity contribution in [3.8, 4) is 0 Å². The van der Waals surface area contributed by atoms with Crippen LogP contribution in [-0.4, -0.2) is 28.3 Å². The van der Waals surface area contributed by atoms with E-state index in [1.54, 1.807) is 0 Å². The number of hydrogen-bond donors (Lipinski definition) is 1. The van der Waals surface area contributed by atoms with Gasteiger partial charge in [-0.25, -0.2) is 0 Å². The van der Waals surface area contributed by atoms with Crippen LogP contribution in [0.5, 0.6) is 0 Å². The fraction of sp³-hybridized carbons (Fsp3) is 0.316. The van der Waals surface area contributed by atoms with Gasteiger partial charge in [0.25, 0.3) is 0 Å². The van der Waals surface area contributed by atoms with Gasteiger partial charge in [-0.3, -0.25) is 9.69 Å². The molecule has 0 atom stereocenters. The minimum atomic E-state index is 0.124. The number of carbonyl (C=O) groups excluding carboxylic acids is 1. The third-order valence-corrected chi connectivity index (χ3v) is 4.12. The van der Waals surface area contributed by atoms with Crippen molar-refractivity contribution in [2.75, 3.05) is 6.54 Å². The van der Waals surface area contributed by atoms with E-state index in [1.807, 2.05) is 49.5 Å². The zero-order chi connectivity index (χ0) is 16.4. The molecule has 0 aliphatic rings. The number of H-pyrrole nitrogens is 1. The predicted octanol–water partition coefficient (Wildman–Crippen LogP) is 4.16. The number of carbonyl (C=O) groups is 1. The van der Waals surface area contributed by atoms with E-state index in [9.17, 15) is 4.79 Å². The van der Waals surface area contributed by atoms with E-state index in [1.165, 1.54) is 0 Å². The molecule has 23 heavy (non-hydrogen) atoms. The molecule has 0 unspecified atom stereocenters. The number of fused-ring (bicyclic) bond motifs is 1. The SMILES string of the molecule is Cc1ccc(CN(CC(=O)c2c[nH]c3ccccc23)C(C)C)o1. The summed E-state index contributed by atoms with van der Waals surface area (Å²) in [5, 5.41) is 0.982. The lowest BCUT2D eigenvalue weighted by Gasteiger charge is -2.24. The predicted molar refractivity (Wildman–Crippen MR) is 91.6 cm³/mol. The molecule has 120 valence electrons. The van der Waals surface area contributed by atoms with Crippen molar-refractivity contribution in [2.24, 2.45) is 0 Å². The van der Waals surface area contributed by atoms with Crippen molar-refractivity contribution in [2.45, 2.75) is 33.4 Å². The smallest absolute Gasteiger partial charge is 0.178 e. The summed E-state index contributed by atoms with van der Waals surface area (Å²) in [7, 11) is 0. The van der Waals surface area contributed by atoms with Crippen LogP contribution in [0.25, 0.3) is 10.9 Å². The number of Topliss-reactive ketones (excluding diaryl/α,β-unsaturated/α-hetero) is 1. The molecule has 0 saturated carbocycles. The summed E-state index contributed by atoms with van der Waals surface area (Å²) in [4.78, 5) is 18.0. The number of ketones is 1. The lowest BCUT2D eigenvalue weighted by molar-refractivity contribution is 0.0891. The average molecular weight is 310 g/mol. The second-order valence-electron chi connectivity index (χ2n) is 6.18. The number of nitrogens with zero attached hydrogens (tertiary/aromatic N) is 1. The Labute approximate surface area is 136 Å². The lowest BCUT2D eigenvalue weighted by atomic mass is 10.1. The van der Waals surface area contributed by atoms with Gasteiger partial charge in [-0.15, -0.1) is 0 Å². The number of aryl methyl sites for hydroxylation is 1. The highest BCUT2D eigenvalue weighted by atomic mass is 16.3. The normalized spacial score (nSPS) is 11.7. The van der Waals surface area contributed by atoms with Crippen molar-refractivity contribution < 1.29 is 9.21 Å². The molecule has 3 aromatic rings. The van der Waals surface area contributed by atoms with Crippen LogP contribution >= 0.6 is 0 Å². The highest BCUT2D eigenvalue weighted by molar-refractivity contribution is 6.08. The first-order chi connectivity index (χ1) is 11.0. The number of aromatic amines is 1. The molecule has 0 fully saturated rings. The van der Waals surface area contributed by atoms with Crippen LogP contribution in [-0.2, 0) is 6.54 Å². The molecule has 3 rings (SSSR count). The van der Waals surface area contributed by atoms with Crippen LogP contribution in [0.4, 0.5) is 0 Å². The monoisotopic (exact) mass is 310 g/mol. The summed E-state index contributed by atoms with van der Waals surface area (Å²) in [6.07, 6.45) is 1.81. The number of para-hydroxylation sites is 1. The van der Waals surface area contributed by atoms with Gasteiger partial charge in [-0.1, -0.05) is 18.2 Å². The Morgan fingerprint density at radius 2 is 2.00 bits per heavy atom. The van der Waals surface area contributed by atoms with Crippen LogP contribution in [0.15, 0.2) is 47.0 Å². The van der Waals surface area contributed by atoms with Crippen molar-refractivity contribution in [1.82, 2.24) is 9.88 Å². The minimum absolute atomic E-state index is 0.124. The molecular weight excluding hydrogens is 288 g/mol. The number of nitrogens with one attached hydrogen (secondary N) is 1. The molecule has 0 aliphatic heterocycles. The molecule has 1 N–H and O–H groups in total. The van der Waals surface area contributed by atoms with Crippen molar-refractivity contribution in [1.29, 1.82) is 0 Å². The topological polar surface area (TPSA) is 49.2 Å². The molecule has 2 heterocycles. The van der Waals surface area contributed by atoms with Crippen molar-refractivity contribution in [3.05, 3.63) is 59.7 Å². The first-order valence-corrected chi connectivity index (χ1v) is 7.93. The minimum Gasteiger partial charge on any atom is -0.465 e. The largest absolute Gasteiger partial charge is 0.465 e. The Kier molecular flexibility index (Phi) is 4.35. The molecule has 4 heteroatoms. The van der Waals surface area contributed by atoms with Crippen LogP contribution in [0, 0.1) is 6.92 Å². The van der Waals surface area contributed by atoms with E-state index in [4.69, 9.17) is 4.42 Å². The molecule has 0 bridgehead atoms. The summed E-state index contributed by atoms with van der Waals surface area (Å²) in [5.41, 5.74) is 1.75. The summed E-state index contributed by atoms with van der Waals surface area (Å²) >= 11 is 0. The zero-order valence-corrected chi connectivity index (χ0v) is 13.8. The Balaban J connectivity index is 1.78. The maximum atomic E-state index is 12.7. The molecule has 0 spiro atoms. The summed E-state index contributed by atoms with van der Waals surface area (Å²) < 4.78 is 5.65. The molecule has 1 aromatic carbocycles. The third kappa shape index (κ3) is 3.37. The van der Waals surface area contributed by atoms with E-state index in [-0.39, 0.29) is 11.8 Å². The van der Waals surface area contributed by atoms with Crippen LogP contribution < -0.4 is 0 Å². The van der Waals surface area contributed by atoms with Gasteiger partial charge in [-0.2, -0.15) is 0 Å². The Bertz CT molecular complexity index is 814. The van der Waals surface area contributed by atoms with Crippen LogP contribution in [0.3, 0.4) is 0 Å². The molecule has 4 nitrogen and oxygen atoms in total. The van der Waals surface area contributed by atoms with Crippen molar-refractivity contribution in [3.63, 3.8) is 0 Å². The van der Waals surface area contributed by atoms with Gasteiger partial charge in [0.2, 0.25) is 0 Å². The van der Waals surface area contributed by atoms with E-state index >= 15 is 0 Å². The highest BCUT2D eigenvalue weighted by Gasteiger charge is 2.19. The van der Waals surface area contributed by atoms with Gasteiger partial charge in [0.05, 0.1) is 13.1 Å². The number of hydrogen-bond acceptors (Lipinski definition) is 3. The number of aromatic nitrogens is 1. The van der Waals surface area contributed by atoms with Gasteiger partial charge in [0.1, 0.15) is 11.5 Å². The van der Waals surface area contributed by atoms with Gasteiger partial charge < -0.3 is 9.40 Å². The molecular formula is C19H22N2O2. The standard InChI is InChI=1S/C19H22N2O2/c1-13(2)21(11-15-9-8-14(3)23-15)12-19(22)17-10-20-18-7-5-4-6-16(17)18/h4-10,13,20H,11-12H2,1-3H3. The van der Waals surface area contributed by atoms with Crippen LogP contribution in [0.1, 0.15) is 35.7 Å². The summed E-state index contributed by atoms with van der Waals surface area (Å²) in [6.45, 7) is 7.13. The Hall–Kier alpha value is -2.33. The number of benzene rings is 1. The lowest BCUT2D eigenvalue weighted by Crippen LogP contribution is -2.35. The first-order valence-electron chi connectivity index (χ1n) is 7.93. The van der Waals surface area contributed by atoms with E-state index in [0.717, 1.165) is 28.0 Å². The summed E-state index contributed by atoms with van der Waals surface area (Å²) in [6, 6.07) is 12.1. The molecule has 0 amide bonds. The molecule has 2 aromatic heterocycles. The van der Waals surface area contributed by atoms with Crippen LogP contribution in [0.2, 0.25) is 0 Å². The first kappa shape index (κ1) is 15.6. The Morgan fingerprint density at radius 3 is 2.70 bits per heavy atom. The maximum absolute atomic E-state index is 12.7. The van der Waals surface area contributed by atoms with Crippen molar-refractivity contribution >= 4 is 16.7 Å². The van der Waals surface area contributed by atoms with Gasteiger partial charge in [0, 0.05) is 28.7 Å². The van der Waals surface area contributed by atoms with Gasteiger partial charge in [-0.05, 0) is 39.0 Å². The highest BCUT2D eigenvalue weighted by Crippen LogP contribution is 2.19. The van der Waals surface area contributed by atoms with Gasteiger partial charge in [0.15, 0.2) is 5.78 Å². The second kappa shape index (κ2) is 6.42. The maximum Gasteiger partial charge on any atom is 0.178 e. The fourth-order valence-corrected chi connectivity index (χ4v) is 2.76. The molecule has 0 aliphatic carbocycles. The fourth-order valence-electron chi connectivity index (χ4n) is 2.76. The third-order valence-electron chi connectivity index (χ3n) is 4.12. The number of furan rings is 1. The molecule has 0 radical (unpaired) electrons. The quantitative estimate of drug-likeness (QED) is 0.695. The average Bonchev–Trinajstić information content (AvgIpc) is 3.12. The van der Waals surface area contributed by atoms with E-state index < -0.39 is 0 Å². The molecule has 0 saturated heterocycles. The van der Waals surface area contributed by atoms with Gasteiger partial charge >= 0.3 is 0 Å². The summed E-state index contributed by atoms with van der Waals surface area (Å²) in [5.74, 6) is 1.91. The second-order valence-corrected chi connectivity index (χ2v) is 6.18. The number of rotatable bonds is 6. The van der Waals surface area contributed by atoms with E-state index in [2.05, 4.69) is 23.7 Å². The van der Waals surface area contributed by atoms with E-state index in [0.29, 0.717) is 13.1 Å². The zero-order valence-electron chi connectivity index (χ0n) is 13.8. The Morgan fingerprint density at radius 1 is 1.22 bits per heavy atom.